The van der Waals surface area contributed by atoms with Gasteiger partial charge in [0, 0.05) is 22.8 Å². The van der Waals surface area contributed by atoms with Gasteiger partial charge >= 0.3 is 0 Å². The molecule has 1 aliphatic rings. The normalized spacial score (nSPS) is 17.8. The molecule has 1 aliphatic heterocycles. The zero-order valence-electron chi connectivity index (χ0n) is 9.78. The minimum atomic E-state index is 0.714. The Morgan fingerprint density at radius 1 is 1.38 bits per heavy atom. The highest BCUT2D eigenvalue weighted by Gasteiger charge is 2.11. The Hall–Kier alpha value is -1.03. The predicted molar refractivity (Wildman–Crippen MR) is 69.8 cm³/mol. The van der Waals surface area contributed by atoms with Crippen LogP contribution in [-0.2, 0) is 6.54 Å². The van der Waals surface area contributed by atoms with E-state index in [1.165, 1.54) is 29.0 Å². The van der Waals surface area contributed by atoms with E-state index in [1.807, 2.05) is 0 Å². The van der Waals surface area contributed by atoms with Crippen LogP contribution in [0.2, 0.25) is 0 Å². The van der Waals surface area contributed by atoms with Crippen molar-refractivity contribution >= 4 is 17.3 Å². The second kappa shape index (κ2) is 5.34. The average Bonchev–Trinajstić information content (AvgIpc) is 2.73. The van der Waals surface area contributed by atoms with Crippen LogP contribution in [0.15, 0.2) is 17.1 Å². The second-order valence-electron chi connectivity index (χ2n) is 4.23. The number of likely N-dealkylation sites (tertiary alicyclic amines) is 1. The Kier molecular flexibility index (Phi) is 3.83. The summed E-state index contributed by atoms with van der Waals surface area (Å²) < 4.78 is 0. The molecule has 3 nitrogen and oxygen atoms in total. The summed E-state index contributed by atoms with van der Waals surface area (Å²) in [6.45, 7) is 4.98. The van der Waals surface area contributed by atoms with Gasteiger partial charge in [-0.2, -0.15) is 0 Å². The number of hydrogen-bond donors (Lipinski definition) is 1. The number of guanidine groups is 1. The third-order valence-electron chi connectivity index (χ3n) is 2.87. The van der Waals surface area contributed by atoms with E-state index in [0.717, 1.165) is 19.6 Å². The van der Waals surface area contributed by atoms with Crippen molar-refractivity contribution in [2.24, 2.45) is 10.7 Å². The van der Waals surface area contributed by atoms with Gasteiger partial charge in [0.05, 0.1) is 6.54 Å². The Morgan fingerprint density at radius 2 is 2.12 bits per heavy atom. The SMILES string of the molecule is Cc1ccc(CN=C(N)N2CCCCC2)s1. The minimum absolute atomic E-state index is 0.714. The first-order chi connectivity index (χ1) is 7.75. The van der Waals surface area contributed by atoms with Crippen molar-refractivity contribution in [2.75, 3.05) is 13.1 Å². The summed E-state index contributed by atoms with van der Waals surface area (Å²) in [4.78, 5) is 9.28. The molecule has 0 amide bonds. The van der Waals surface area contributed by atoms with E-state index < -0.39 is 0 Å². The summed E-state index contributed by atoms with van der Waals surface area (Å²) >= 11 is 1.80. The molecule has 0 spiro atoms. The lowest BCUT2D eigenvalue weighted by molar-refractivity contribution is 0.338. The molecule has 0 unspecified atom stereocenters. The molecule has 16 heavy (non-hydrogen) atoms. The van der Waals surface area contributed by atoms with Crippen LogP contribution in [0.4, 0.5) is 0 Å². The number of rotatable bonds is 2. The van der Waals surface area contributed by atoms with E-state index in [9.17, 15) is 0 Å². The number of aliphatic imine (C=N–C) groups is 1. The number of piperidine rings is 1. The predicted octanol–water partition coefficient (Wildman–Crippen LogP) is 2.36. The Morgan fingerprint density at radius 3 is 2.75 bits per heavy atom. The number of nitrogens with zero attached hydrogens (tertiary/aromatic N) is 2. The molecular formula is C12H19N3S. The minimum Gasteiger partial charge on any atom is -0.370 e. The Balaban J connectivity index is 1.90. The first-order valence-electron chi connectivity index (χ1n) is 5.86. The van der Waals surface area contributed by atoms with Crippen LogP contribution in [0.25, 0.3) is 0 Å². The number of hydrogen-bond acceptors (Lipinski definition) is 2. The van der Waals surface area contributed by atoms with E-state index in [0.29, 0.717) is 5.96 Å². The van der Waals surface area contributed by atoms with Crippen LogP contribution in [-0.4, -0.2) is 23.9 Å². The number of aryl methyl sites for hydroxylation is 1. The van der Waals surface area contributed by atoms with Crippen molar-refractivity contribution in [1.29, 1.82) is 0 Å². The van der Waals surface area contributed by atoms with Gasteiger partial charge in [0.25, 0.3) is 0 Å². The molecule has 0 saturated carbocycles. The van der Waals surface area contributed by atoms with Crippen LogP contribution in [0.1, 0.15) is 29.0 Å². The molecule has 0 aliphatic carbocycles. The third kappa shape index (κ3) is 2.98. The van der Waals surface area contributed by atoms with Gasteiger partial charge in [0.15, 0.2) is 5.96 Å². The third-order valence-corrected chi connectivity index (χ3v) is 3.86. The molecule has 0 bridgehead atoms. The van der Waals surface area contributed by atoms with Crippen molar-refractivity contribution in [1.82, 2.24) is 4.90 Å². The summed E-state index contributed by atoms with van der Waals surface area (Å²) in [6.07, 6.45) is 3.82. The largest absolute Gasteiger partial charge is 0.370 e. The van der Waals surface area contributed by atoms with Crippen molar-refractivity contribution in [2.45, 2.75) is 32.7 Å². The van der Waals surface area contributed by atoms with E-state index in [-0.39, 0.29) is 0 Å². The van der Waals surface area contributed by atoms with Gasteiger partial charge < -0.3 is 10.6 Å². The molecule has 2 heterocycles. The summed E-state index contributed by atoms with van der Waals surface area (Å²) in [6, 6.07) is 4.26. The lowest BCUT2D eigenvalue weighted by atomic mass is 10.1. The maximum absolute atomic E-state index is 5.98. The molecule has 0 atom stereocenters. The van der Waals surface area contributed by atoms with Crippen LogP contribution in [0.5, 0.6) is 0 Å². The highest BCUT2D eigenvalue weighted by atomic mass is 32.1. The average molecular weight is 237 g/mol. The highest BCUT2D eigenvalue weighted by Crippen LogP contribution is 2.16. The fourth-order valence-corrected chi connectivity index (χ4v) is 2.77. The molecule has 1 aromatic heterocycles. The summed E-state index contributed by atoms with van der Waals surface area (Å²) in [5, 5.41) is 0. The van der Waals surface area contributed by atoms with Gasteiger partial charge in [0.1, 0.15) is 0 Å². The van der Waals surface area contributed by atoms with Crippen LogP contribution in [0.3, 0.4) is 0 Å². The Labute approximate surface area is 101 Å². The molecule has 0 aromatic carbocycles. The quantitative estimate of drug-likeness (QED) is 0.633. The summed E-state index contributed by atoms with van der Waals surface area (Å²) in [7, 11) is 0. The Bertz CT molecular complexity index is 364. The fraction of sp³-hybridized carbons (Fsp3) is 0.583. The molecule has 88 valence electrons. The lowest BCUT2D eigenvalue weighted by Crippen LogP contribution is -2.40. The number of nitrogens with two attached hydrogens (primary N) is 1. The second-order valence-corrected chi connectivity index (χ2v) is 5.61. The van der Waals surface area contributed by atoms with Crippen molar-refractivity contribution in [3.05, 3.63) is 21.9 Å². The topological polar surface area (TPSA) is 41.6 Å². The van der Waals surface area contributed by atoms with Crippen LogP contribution >= 0.6 is 11.3 Å². The first-order valence-corrected chi connectivity index (χ1v) is 6.67. The van der Waals surface area contributed by atoms with Crippen molar-refractivity contribution in [3.63, 3.8) is 0 Å². The lowest BCUT2D eigenvalue weighted by Gasteiger charge is -2.27. The molecule has 2 N–H and O–H groups in total. The van der Waals surface area contributed by atoms with Crippen molar-refractivity contribution < 1.29 is 0 Å². The van der Waals surface area contributed by atoms with Gasteiger partial charge in [-0.3, -0.25) is 0 Å². The van der Waals surface area contributed by atoms with Crippen LogP contribution in [0, 0.1) is 6.92 Å². The van der Waals surface area contributed by atoms with Gasteiger partial charge in [-0.25, -0.2) is 4.99 Å². The molecule has 1 fully saturated rings. The summed E-state index contributed by atoms with van der Waals surface area (Å²) in [5.74, 6) is 0.714. The molecular weight excluding hydrogens is 218 g/mol. The molecule has 2 rings (SSSR count). The number of thiophene rings is 1. The van der Waals surface area contributed by atoms with Gasteiger partial charge in [-0.05, 0) is 38.3 Å². The zero-order chi connectivity index (χ0) is 11.4. The smallest absolute Gasteiger partial charge is 0.191 e. The maximum atomic E-state index is 5.98. The fourth-order valence-electron chi connectivity index (χ4n) is 1.95. The highest BCUT2D eigenvalue weighted by molar-refractivity contribution is 7.11. The van der Waals surface area contributed by atoms with E-state index in [2.05, 4.69) is 28.9 Å². The van der Waals surface area contributed by atoms with Crippen molar-refractivity contribution in [3.8, 4) is 0 Å². The molecule has 0 radical (unpaired) electrons. The molecule has 4 heteroatoms. The molecule has 1 aromatic rings. The van der Waals surface area contributed by atoms with E-state index in [1.54, 1.807) is 11.3 Å². The zero-order valence-corrected chi connectivity index (χ0v) is 10.6. The monoisotopic (exact) mass is 237 g/mol. The van der Waals surface area contributed by atoms with E-state index >= 15 is 0 Å². The van der Waals surface area contributed by atoms with Crippen LogP contribution < -0.4 is 5.73 Å². The maximum Gasteiger partial charge on any atom is 0.191 e. The van der Waals surface area contributed by atoms with Gasteiger partial charge in [-0.1, -0.05) is 0 Å². The van der Waals surface area contributed by atoms with Gasteiger partial charge in [-0.15, -0.1) is 11.3 Å². The standard InChI is InChI=1S/C12H19N3S/c1-10-5-6-11(16-10)9-14-12(13)15-7-3-2-4-8-15/h5-6H,2-4,7-9H2,1H3,(H2,13,14). The van der Waals surface area contributed by atoms with Gasteiger partial charge in [0.2, 0.25) is 0 Å². The summed E-state index contributed by atoms with van der Waals surface area (Å²) in [5.41, 5.74) is 5.98. The van der Waals surface area contributed by atoms with E-state index in [4.69, 9.17) is 5.73 Å². The first kappa shape index (κ1) is 11.5. The molecule has 1 saturated heterocycles.